The van der Waals surface area contributed by atoms with Crippen molar-refractivity contribution in [1.29, 1.82) is 0 Å². The van der Waals surface area contributed by atoms with E-state index in [1.54, 1.807) is 30.9 Å². The Kier molecular flexibility index (Phi) is 21.9. The number of carboxylic acid groups (broad SMARTS) is 1. The van der Waals surface area contributed by atoms with Crippen LogP contribution < -0.4 is 10.6 Å². The van der Waals surface area contributed by atoms with Gasteiger partial charge in [-0.05, 0) is 74.5 Å². The van der Waals surface area contributed by atoms with Crippen LogP contribution in [0, 0.1) is 0 Å². The maximum Gasteiger partial charge on any atom is 0.338 e. The number of aliphatic carboxylic acids is 1. The van der Waals surface area contributed by atoms with Crippen LogP contribution in [0.25, 0.3) is 21.7 Å². The molecule has 0 spiro atoms. The van der Waals surface area contributed by atoms with Gasteiger partial charge in [0.1, 0.15) is 12.7 Å². The minimum atomic E-state index is -0.855. The Morgan fingerprint density at radius 3 is 1.81 bits per heavy atom. The Hall–Kier alpha value is -8.18. The first-order valence-corrected chi connectivity index (χ1v) is 27.9. The van der Waals surface area contributed by atoms with E-state index in [1.165, 1.54) is 49.3 Å². The van der Waals surface area contributed by atoms with E-state index in [-0.39, 0.29) is 40.9 Å². The highest BCUT2D eigenvalue weighted by Crippen LogP contribution is 2.25. The lowest BCUT2D eigenvalue weighted by Gasteiger charge is -2.35. The van der Waals surface area contributed by atoms with Gasteiger partial charge in [0.05, 0.1) is 5.52 Å². The van der Waals surface area contributed by atoms with Crippen LogP contribution in [0.1, 0.15) is 110 Å². The monoisotopic (exact) mass is 1090 g/mol. The number of piperazine rings is 2. The molecule has 0 radical (unpaired) electrons. The molecule has 10 rings (SSSR count). The number of amides is 2. The molecular formula is C65H78N10O6. The van der Waals surface area contributed by atoms with Crippen molar-refractivity contribution in [1.82, 2.24) is 49.4 Å². The number of fused-ring (bicyclic) bond motifs is 2. The van der Waals surface area contributed by atoms with Gasteiger partial charge in [-0.2, -0.15) is 0 Å². The average molecular weight is 1100 g/mol. The number of carbonyl (C=O) groups excluding carboxylic acids is 4. The lowest BCUT2D eigenvalue weighted by Crippen LogP contribution is -2.48. The number of pyridine rings is 1. The Morgan fingerprint density at radius 2 is 1.17 bits per heavy atom. The number of para-hydroxylation sites is 1. The third-order valence-corrected chi connectivity index (χ3v) is 14.3. The zero-order chi connectivity index (χ0) is 57.8. The summed E-state index contributed by atoms with van der Waals surface area (Å²) in [4.78, 5) is 77.7. The Labute approximate surface area is 476 Å². The largest absolute Gasteiger partial charge is 0.481 e. The smallest absolute Gasteiger partial charge is 0.338 e. The van der Waals surface area contributed by atoms with E-state index < -0.39 is 5.97 Å². The van der Waals surface area contributed by atoms with Crippen molar-refractivity contribution < 1.29 is 29.1 Å². The van der Waals surface area contributed by atoms with Gasteiger partial charge < -0.3 is 20.6 Å². The molecule has 2 saturated heterocycles. The molecule has 2 amide bonds. The van der Waals surface area contributed by atoms with Crippen LogP contribution >= 0.6 is 0 Å². The molecule has 0 unspecified atom stereocenters. The Bertz CT molecular complexity index is 3250. The van der Waals surface area contributed by atoms with Gasteiger partial charge in [-0.15, -0.1) is 0 Å². The summed E-state index contributed by atoms with van der Waals surface area (Å²) < 4.78 is 2.75. The quantitative estimate of drug-likeness (QED) is 0.0929. The first-order valence-electron chi connectivity index (χ1n) is 27.9. The van der Waals surface area contributed by atoms with Crippen LogP contribution in [-0.2, 0) is 33.5 Å². The van der Waals surface area contributed by atoms with Gasteiger partial charge in [0, 0.05) is 139 Å². The number of nitrogens with zero attached hydrogens (tertiary/aromatic N) is 8. The van der Waals surface area contributed by atoms with Gasteiger partial charge in [0.25, 0.3) is 5.91 Å². The number of benzene rings is 5. The standard InChI is InChI=1S/C28H34N4O2.C15H18N2.C15H20O3.C7H6N4O/c1-28(2,3)24-11-9-22(10-12-24)27(34)30-15-13-25(33)32-18-16-31(17-19-32)20-23-7-4-6-21-8-5-14-29-26(21)23;1-2-7-15-13(4-1)5-3-6-14(15)12-17-10-8-16-9-11-17;1-15(2,3)12-7-4-6-11(10-12)13(16)8-5-9-14(17)18;12-7(10-3-1-8-5-10)11-4-2-9-6-11/h4-12,14H,13,15-20H2,1-3H3,(H,30,34);1-7,16H,8-12H2;4,6-7,10H,5,8-9H2,1-3H3,(H,17,18);1-6H. The summed E-state index contributed by atoms with van der Waals surface area (Å²) >= 11 is 0. The van der Waals surface area contributed by atoms with Crippen LogP contribution in [0.3, 0.4) is 0 Å². The van der Waals surface area contributed by atoms with E-state index in [0.717, 1.165) is 68.8 Å². The topological polar surface area (TPSA) is 188 Å². The number of carboxylic acids is 1. The predicted molar refractivity (Wildman–Crippen MR) is 319 cm³/mol. The number of ketones is 1. The molecule has 8 aromatic rings. The molecule has 2 fully saturated rings. The second-order valence-corrected chi connectivity index (χ2v) is 22.4. The van der Waals surface area contributed by atoms with E-state index >= 15 is 0 Å². The van der Waals surface area contributed by atoms with Gasteiger partial charge in [0.2, 0.25) is 5.91 Å². The predicted octanol–water partition coefficient (Wildman–Crippen LogP) is 10.3. The third-order valence-electron chi connectivity index (χ3n) is 14.3. The summed E-state index contributed by atoms with van der Waals surface area (Å²) in [6, 6.07) is 40.7. The van der Waals surface area contributed by atoms with Crippen LogP contribution in [0.4, 0.5) is 4.79 Å². The maximum absolute atomic E-state index is 12.7. The second kappa shape index (κ2) is 29.3. The van der Waals surface area contributed by atoms with Crippen LogP contribution in [0.5, 0.6) is 0 Å². The number of hydrogen-bond donors (Lipinski definition) is 3. The molecule has 3 aromatic heterocycles. The summed E-state index contributed by atoms with van der Waals surface area (Å²) in [5, 5.41) is 18.7. The second-order valence-electron chi connectivity index (χ2n) is 22.4. The van der Waals surface area contributed by atoms with Gasteiger partial charge in [-0.25, -0.2) is 14.8 Å². The molecule has 2 aliphatic rings. The Morgan fingerprint density at radius 1 is 0.580 bits per heavy atom. The van der Waals surface area contributed by atoms with E-state index in [4.69, 9.17) is 5.11 Å². The lowest BCUT2D eigenvalue weighted by atomic mass is 9.85. The van der Waals surface area contributed by atoms with Gasteiger partial charge >= 0.3 is 12.0 Å². The van der Waals surface area contributed by atoms with Gasteiger partial charge in [-0.3, -0.25) is 43.1 Å². The molecular weight excluding hydrogens is 1020 g/mol. The van der Waals surface area contributed by atoms with Crippen molar-refractivity contribution in [2.24, 2.45) is 0 Å². The summed E-state index contributed by atoms with van der Waals surface area (Å²) in [5.74, 6) is -0.884. The molecule has 0 saturated carbocycles. The number of hydrogen-bond acceptors (Lipinski definition) is 11. The van der Waals surface area contributed by atoms with E-state index in [2.05, 4.69) is 144 Å². The van der Waals surface area contributed by atoms with Crippen LogP contribution in [0.15, 0.2) is 165 Å². The molecule has 3 N–H and O–H groups in total. The summed E-state index contributed by atoms with van der Waals surface area (Å²) in [6.45, 7) is 22.6. The molecule has 0 aliphatic carbocycles. The van der Waals surface area contributed by atoms with Gasteiger partial charge in [0.15, 0.2) is 5.78 Å². The summed E-state index contributed by atoms with van der Waals surface area (Å²) in [6.07, 6.45) is 12.1. The van der Waals surface area contributed by atoms with Crippen LogP contribution in [0.2, 0.25) is 0 Å². The normalized spacial score (nSPS) is 13.9. The highest BCUT2D eigenvalue weighted by Gasteiger charge is 2.23. The summed E-state index contributed by atoms with van der Waals surface area (Å²) in [5.41, 5.74) is 7.38. The van der Waals surface area contributed by atoms with E-state index in [0.29, 0.717) is 50.0 Å². The Balaban J connectivity index is 0.000000169. The fraction of sp³-hybridized carbons (Fsp3) is 0.354. The number of carbonyl (C=O) groups is 5. The molecule has 5 heterocycles. The number of nitrogens with one attached hydrogen (secondary N) is 2. The molecule has 16 heteroatoms. The molecule has 81 heavy (non-hydrogen) atoms. The number of imidazole rings is 2. The molecule has 16 nitrogen and oxygen atoms in total. The maximum atomic E-state index is 12.7. The fourth-order valence-corrected chi connectivity index (χ4v) is 9.48. The lowest BCUT2D eigenvalue weighted by molar-refractivity contribution is -0.137. The molecule has 2 aliphatic heterocycles. The number of Topliss-reactive ketones (excluding diaryl/α,β-unsaturated/α-hetero) is 1. The summed E-state index contributed by atoms with van der Waals surface area (Å²) in [7, 11) is 0. The fourth-order valence-electron chi connectivity index (χ4n) is 9.48. The first-order chi connectivity index (χ1) is 38.9. The van der Waals surface area contributed by atoms with Crippen molar-refractivity contribution in [3.63, 3.8) is 0 Å². The van der Waals surface area contributed by atoms with Crippen molar-refractivity contribution in [2.45, 2.75) is 91.1 Å². The SMILES string of the molecule is CC(C)(C)c1ccc(C(=O)NCCC(=O)N2CCN(Cc3cccc4cccnc34)CC2)cc1.CC(C)(C)c1cccc(C(=O)CCCC(=O)O)c1.O=C(n1ccnc1)n1ccnc1.c1ccc2c(CN3CCNCC3)cccc2c1. The minimum absolute atomic E-state index is 0.0113. The third kappa shape index (κ3) is 18.4. The van der Waals surface area contributed by atoms with E-state index in [1.807, 2.05) is 59.6 Å². The van der Waals surface area contributed by atoms with Crippen molar-refractivity contribution in [3.05, 3.63) is 198 Å². The van der Waals surface area contributed by atoms with Crippen LogP contribution in [-0.4, -0.2) is 132 Å². The zero-order valence-electron chi connectivity index (χ0n) is 47.8. The first kappa shape index (κ1) is 60.5. The number of aromatic nitrogens is 5. The van der Waals surface area contributed by atoms with Gasteiger partial charge in [-0.1, -0.05) is 139 Å². The highest BCUT2D eigenvalue weighted by atomic mass is 16.4. The minimum Gasteiger partial charge on any atom is -0.481 e. The highest BCUT2D eigenvalue weighted by molar-refractivity contribution is 5.96. The van der Waals surface area contributed by atoms with Crippen molar-refractivity contribution in [2.75, 3.05) is 58.9 Å². The zero-order valence-corrected chi connectivity index (χ0v) is 47.8. The molecule has 424 valence electrons. The van der Waals surface area contributed by atoms with E-state index in [9.17, 15) is 24.0 Å². The van der Waals surface area contributed by atoms with Crippen molar-refractivity contribution >= 4 is 51.3 Å². The molecule has 5 aromatic carbocycles. The average Bonchev–Trinajstić information content (AvgIpc) is 4.33. The van der Waals surface area contributed by atoms with Crippen molar-refractivity contribution in [3.8, 4) is 0 Å². The molecule has 0 atom stereocenters. The molecule has 0 bridgehead atoms. The number of rotatable bonds is 13.